The number of halogens is 2. The predicted octanol–water partition coefficient (Wildman–Crippen LogP) is 2.93. The minimum Gasteiger partial charge on any atom is -0.383 e. The van der Waals surface area contributed by atoms with Crippen molar-refractivity contribution in [3.8, 4) is 11.1 Å². The molecule has 170 valence electrons. The first kappa shape index (κ1) is 22.9. The number of carbonyl (C=O) groups is 1. The van der Waals surface area contributed by atoms with Crippen LogP contribution in [0.1, 0.15) is 25.3 Å². The number of nitrogen functional groups attached to an aromatic ring is 1. The highest BCUT2D eigenvalue weighted by molar-refractivity contribution is 6.03. The summed E-state index contributed by atoms with van der Waals surface area (Å²) in [6.07, 6.45) is 3.55. The molecule has 1 aromatic heterocycles. The molecule has 2 aromatic rings. The summed E-state index contributed by atoms with van der Waals surface area (Å²) in [5.41, 5.74) is 8.22. The number of likely N-dealkylation sites (tertiary alicyclic amines) is 1. The number of nitrogens with one attached hydrogen (secondary N) is 1. The number of benzene rings is 1. The summed E-state index contributed by atoms with van der Waals surface area (Å²) in [5, 5.41) is 7.33. The second-order valence-electron chi connectivity index (χ2n) is 7.38. The number of rotatable bonds is 5. The Morgan fingerprint density at radius 1 is 1.25 bits per heavy atom. The minimum absolute atomic E-state index is 0.0632. The lowest BCUT2D eigenvalue weighted by Crippen LogP contribution is -2.40. The summed E-state index contributed by atoms with van der Waals surface area (Å²) in [5.74, 6) is 9.24. The van der Waals surface area contributed by atoms with Gasteiger partial charge in [-0.15, -0.1) is 0 Å². The number of amidine groups is 1. The molecule has 1 aliphatic heterocycles. The Balaban J connectivity index is 1.86. The number of urea groups is 1. The largest absolute Gasteiger partial charge is 0.383 e. The maximum Gasteiger partial charge on any atom is 0.321 e. The normalized spacial score (nSPS) is 14.9. The predicted molar refractivity (Wildman–Crippen MR) is 120 cm³/mol. The smallest absolute Gasteiger partial charge is 0.321 e. The van der Waals surface area contributed by atoms with Crippen LogP contribution in [0.5, 0.6) is 0 Å². The van der Waals surface area contributed by atoms with Gasteiger partial charge >= 0.3 is 6.03 Å². The van der Waals surface area contributed by atoms with E-state index in [2.05, 4.69) is 15.4 Å². The molecule has 9 nitrogen and oxygen atoms in total. The van der Waals surface area contributed by atoms with Crippen LogP contribution >= 0.6 is 0 Å². The number of aromatic nitrogens is 1. The van der Waals surface area contributed by atoms with Crippen LogP contribution < -0.4 is 22.7 Å². The Bertz CT molecular complexity index is 1050. The highest BCUT2D eigenvalue weighted by atomic mass is 19.2. The standard InChI is InChI=1S/C21H26F2N8O/c1-13(22)18(23)12-31(26)20(29-25)17-10-15(11-27-19(17)24)14-5-4-6-16(9-14)28-21(32)30-7-2-3-8-30/h4-6,9-11H,2-3,7-8,12,25-26H2,1H3,(H2,24,27)(H,28,32)/b18-13-,29-20-. The summed E-state index contributed by atoms with van der Waals surface area (Å²) in [7, 11) is 0. The lowest BCUT2D eigenvalue weighted by atomic mass is 10.0. The Hall–Kier alpha value is -3.73. The molecule has 0 unspecified atom stereocenters. The molecule has 32 heavy (non-hydrogen) atoms. The molecule has 11 heteroatoms. The van der Waals surface area contributed by atoms with Crippen molar-refractivity contribution in [2.24, 2.45) is 16.8 Å². The summed E-state index contributed by atoms with van der Waals surface area (Å²) in [4.78, 5) is 18.3. The van der Waals surface area contributed by atoms with Crippen molar-refractivity contribution in [2.45, 2.75) is 19.8 Å². The van der Waals surface area contributed by atoms with Crippen molar-refractivity contribution in [3.63, 3.8) is 0 Å². The number of anilines is 2. The van der Waals surface area contributed by atoms with E-state index >= 15 is 0 Å². The number of hydrogen-bond acceptors (Lipinski definition) is 6. The average Bonchev–Trinajstić information content (AvgIpc) is 3.31. The molecular formula is C21H26F2N8O. The van der Waals surface area contributed by atoms with Gasteiger partial charge in [-0.05, 0) is 43.5 Å². The zero-order chi connectivity index (χ0) is 23.3. The Labute approximate surface area is 184 Å². The summed E-state index contributed by atoms with van der Waals surface area (Å²) >= 11 is 0. The molecule has 1 aliphatic rings. The van der Waals surface area contributed by atoms with Crippen molar-refractivity contribution in [2.75, 3.05) is 30.7 Å². The Kier molecular flexibility index (Phi) is 7.21. The highest BCUT2D eigenvalue weighted by Gasteiger charge is 2.19. The number of nitrogens with zero attached hydrogens (tertiary/aromatic N) is 4. The third kappa shape index (κ3) is 5.30. The molecule has 1 fully saturated rings. The molecule has 0 bridgehead atoms. The van der Waals surface area contributed by atoms with Gasteiger partial charge in [0.1, 0.15) is 11.6 Å². The molecule has 1 aromatic carbocycles. The van der Waals surface area contributed by atoms with Crippen LogP contribution in [0.4, 0.5) is 25.1 Å². The summed E-state index contributed by atoms with van der Waals surface area (Å²) in [6.45, 7) is 1.88. The van der Waals surface area contributed by atoms with Gasteiger partial charge in [0.2, 0.25) is 0 Å². The molecule has 3 rings (SSSR count). The number of pyridine rings is 1. The summed E-state index contributed by atoms with van der Waals surface area (Å²) < 4.78 is 26.8. The number of hydrazone groups is 1. The van der Waals surface area contributed by atoms with Gasteiger partial charge < -0.3 is 21.8 Å². The second kappa shape index (κ2) is 10.1. The van der Waals surface area contributed by atoms with E-state index in [0.717, 1.165) is 43.4 Å². The molecule has 0 saturated carbocycles. The lowest BCUT2D eigenvalue weighted by molar-refractivity contribution is 0.222. The van der Waals surface area contributed by atoms with Crippen LogP contribution in [0.2, 0.25) is 0 Å². The van der Waals surface area contributed by atoms with E-state index in [9.17, 15) is 13.6 Å². The molecule has 0 spiro atoms. The third-order valence-electron chi connectivity index (χ3n) is 5.08. The average molecular weight is 444 g/mol. The van der Waals surface area contributed by atoms with E-state index in [4.69, 9.17) is 17.4 Å². The molecule has 0 radical (unpaired) electrons. The van der Waals surface area contributed by atoms with Crippen LogP contribution in [0.3, 0.4) is 0 Å². The van der Waals surface area contributed by atoms with Gasteiger partial charge in [-0.2, -0.15) is 5.10 Å². The SMILES string of the molecule is C/C(F)=C(/F)CN(N)/C(=N\N)c1cc(-c2cccc(NC(=O)N3CCCC3)c2)cnc1N. The van der Waals surface area contributed by atoms with Crippen molar-refractivity contribution >= 4 is 23.4 Å². The van der Waals surface area contributed by atoms with E-state index in [1.54, 1.807) is 35.4 Å². The first-order valence-corrected chi connectivity index (χ1v) is 10.0. The number of amides is 2. The van der Waals surface area contributed by atoms with E-state index in [0.29, 0.717) is 11.3 Å². The molecule has 0 aliphatic carbocycles. The minimum atomic E-state index is -1.06. The summed E-state index contributed by atoms with van der Waals surface area (Å²) in [6, 6.07) is 8.69. The van der Waals surface area contributed by atoms with Gasteiger partial charge in [0.25, 0.3) is 0 Å². The van der Waals surface area contributed by atoms with Gasteiger partial charge in [-0.3, -0.25) is 5.01 Å². The maximum atomic E-state index is 13.7. The highest BCUT2D eigenvalue weighted by Crippen LogP contribution is 2.26. The Morgan fingerprint density at radius 2 is 1.97 bits per heavy atom. The molecule has 0 atom stereocenters. The first-order valence-electron chi connectivity index (χ1n) is 10.0. The topological polar surface area (TPSA) is 139 Å². The number of nitrogens with two attached hydrogens (primary N) is 3. The lowest BCUT2D eigenvalue weighted by Gasteiger charge is -2.20. The van der Waals surface area contributed by atoms with Crippen LogP contribution in [-0.4, -0.2) is 46.4 Å². The fourth-order valence-electron chi connectivity index (χ4n) is 3.34. The monoisotopic (exact) mass is 444 g/mol. The van der Waals surface area contributed by atoms with Crippen LogP contribution in [0, 0.1) is 0 Å². The number of carbonyl (C=O) groups excluding carboxylic acids is 1. The number of allylic oxidation sites excluding steroid dienone is 1. The van der Waals surface area contributed by atoms with Gasteiger partial charge in [-0.25, -0.2) is 24.4 Å². The van der Waals surface area contributed by atoms with E-state index in [1.807, 2.05) is 6.07 Å². The van der Waals surface area contributed by atoms with E-state index in [-0.39, 0.29) is 23.2 Å². The van der Waals surface area contributed by atoms with Gasteiger partial charge in [0, 0.05) is 30.5 Å². The Morgan fingerprint density at radius 3 is 2.62 bits per heavy atom. The van der Waals surface area contributed by atoms with Crippen LogP contribution in [0.25, 0.3) is 11.1 Å². The van der Waals surface area contributed by atoms with Crippen molar-refractivity contribution < 1.29 is 13.6 Å². The molecule has 2 heterocycles. The third-order valence-corrected chi connectivity index (χ3v) is 5.08. The van der Waals surface area contributed by atoms with Crippen molar-refractivity contribution in [3.05, 3.63) is 53.7 Å². The van der Waals surface area contributed by atoms with E-state index in [1.165, 1.54) is 0 Å². The second-order valence-corrected chi connectivity index (χ2v) is 7.38. The van der Waals surface area contributed by atoms with Crippen LogP contribution in [-0.2, 0) is 0 Å². The number of hydrazine groups is 1. The van der Waals surface area contributed by atoms with Crippen molar-refractivity contribution in [1.82, 2.24) is 14.9 Å². The molecular weight excluding hydrogens is 418 g/mol. The molecule has 1 saturated heterocycles. The quantitative estimate of drug-likeness (QED) is 0.242. The van der Waals surface area contributed by atoms with Gasteiger partial charge in [0.05, 0.1) is 12.1 Å². The first-order chi connectivity index (χ1) is 15.3. The molecule has 7 N–H and O–H groups in total. The zero-order valence-corrected chi connectivity index (χ0v) is 17.7. The maximum absolute atomic E-state index is 13.7. The van der Waals surface area contributed by atoms with Crippen LogP contribution in [0.15, 0.2) is 53.3 Å². The fourth-order valence-corrected chi connectivity index (χ4v) is 3.34. The molecule has 2 amide bonds. The fraction of sp³-hybridized carbons (Fsp3) is 0.286. The number of hydrogen-bond donors (Lipinski definition) is 4. The van der Waals surface area contributed by atoms with Gasteiger partial charge in [-0.1, -0.05) is 12.1 Å². The van der Waals surface area contributed by atoms with Crippen molar-refractivity contribution in [1.29, 1.82) is 0 Å². The zero-order valence-electron chi connectivity index (χ0n) is 17.7. The van der Waals surface area contributed by atoms with Gasteiger partial charge in [0.15, 0.2) is 11.7 Å². The van der Waals surface area contributed by atoms with E-state index < -0.39 is 18.2 Å².